The van der Waals surface area contributed by atoms with Gasteiger partial charge in [-0.2, -0.15) is 0 Å². The van der Waals surface area contributed by atoms with E-state index >= 15 is 0 Å². The van der Waals surface area contributed by atoms with Crippen LogP contribution in [0.3, 0.4) is 0 Å². The summed E-state index contributed by atoms with van der Waals surface area (Å²) in [4.78, 5) is 15.3. The van der Waals surface area contributed by atoms with Crippen molar-refractivity contribution < 1.29 is 9.90 Å². The van der Waals surface area contributed by atoms with Crippen molar-refractivity contribution in [1.82, 2.24) is 9.55 Å². The fourth-order valence-corrected chi connectivity index (χ4v) is 2.43. The summed E-state index contributed by atoms with van der Waals surface area (Å²) in [5.74, 6) is -0.917. The van der Waals surface area contributed by atoms with Crippen LogP contribution < -0.4 is 5.73 Å². The Morgan fingerprint density at radius 1 is 1.24 bits per heavy atom. The monoisotopic (exact) mass is 281 g/mol. The molecule has 5 heteroatoms. The lowest BCUT2D eigenvalue weighted by Crippen LogP contribution is -2.01. The number of pyridine rings is 1. The van der Waals surface area contributed by atoms with Crippen molar-refractivity contribution in [2.75, 3.05) is 0 Å². The Bertz CT molecular complexity index is 791. The molecule has 21 heavy (non-hydrogen) atoms. The highest BCUT2D eigenvalue weighted by atomic mass is 16.4. The Morgan fingerprint density at radius 2 is 2.00 bits per heavy atom. The van der Waals surface area contributed by atoms with Crippen LogP contribution in [0.4, 0.5) is 0 Å². The third-order valence-electron chi connectivity index (χ3n) is 3.49. The van der Waals surface area contributed by atoms with Crippen molar-refractivity contribution in [1.29, 1.82) is 0 Å². The first kappa shape index (κ1) is 13.3. The Kier molecular flexibility index (Phi) is 3.41. The Morgan fingerprint density at radius 3 is 2.67 bits per heavy atom. The summed E-state index contributed by atoms with van der Waals surface area (Å²) in [6.45, 7) is 1.10. The van der Waals surface area contributed by atoms with Crippen LogP contribution in [0.15, 0.2) is 48.8 Å². The molecule has 0 amide bonds. The van der Waals surface area contributed by atoms with Gasteiger partial charge in [-0.05, 0) is 35.4 Å². The van der Waals surface area contributed by atoms with E-state index in [4.69, 9.17) is 10.8 Å². The first-order valence-electron chi connectivity index (χ1n) is 6.64. The molecule has 1 aromatic carbocycles. The van der Waals surface area contributed by atoms with Gasteiger partial charge in [0.05, 0.1) is 5.56 Å². The largest absolute Gasteiger partial charge is 0.478 e. The Labute approximate surface area is 121 Å². The number of carbonyl (C=O) groups is 1. The molecule has 0 radical (unpaired) electrons. The Balaban J connectivity index is 1.96. The van der Waals surface area contributed by atoms with Crippen LogP contribution in [0.5, 0.6) is 0 Å². The van der Waals surface area contributed by atoms with Gasteiger partial charge in [0.15, 0.2) is 0 Å². The van der Waals surface area contributed by atoms with E-state index in [-0.39, 0.29) is 5.56 Å². The average Bonchev–Trinajstić information content (AvgIpc) is 2.86. The molecule has 0 atom stereocenters. The maximum Gasteiger partial charge on any atom is 0.335 e. The number of benzene rings is 1. The first-order valence-corrected chi connectivity index (χ1v) is 6.64. The van der Waals surface area contributed by atoms with Gasteiger partial charge in [-0.3, -0.25) is 0 Å². The second-order valence-corrected chi connectivity index (χ2v) is 4.86. The van der Waals surface area contributed by atoms with Gasteiger partial charge in [-0.15, -0.1) is 0 Å². The van der Waals surface area contributed by atoms with E-state index in [1.165, 1.54) is 0 Å². The minimum Gasteiger partial charge on any atom is -0.478 e. The molecule has 0 unspecified atom stereocenters. The summed E-state index contributed by atoms with van der Waals surface area (Å²) in [6.07, 6.45) is 3.76. The number of nitrogens with zero attached hydrogens (tertiary/aromatic N) is 2. The molecule has 0 fully saturated rings. The lowest BCUT2D eigenvalue weighted by atomic mass is 10.1. The van der Waals surface area contributed by atoms with Crippen molar-refractivity contribution in [3.05, 3.63) is 65.5 Å². The number of rotatable bonds is 4. The van der Waals surface area contributed by atoms with Crippen LogP contribution in [0.1, 0.15) is 21.5 Å². The van der Waals surface area contributed by atoms with E-state index in [1.54, 1.807) is 18.3 Å². The maximum atomic E-state index is 10.9. The highest BCUT2D eigenvalue weighted by Gasteiger charge is 2.09. The van der Waals surface area contributed by atoms with E-state index in [0.29, 0.717) is 13.1 Å². The quantitative estimate of drug-likeness (QED) is 0.768. The van der Waals surface area contributed by atoms with Gasteiger partial charge >= 0.3 is 5.97 Å². The number of carboxylic acids is 1. The molecule has 0 saturated heterocycles. The molecule has 3 aromatic rings. The average molecular weight is 281 g/mol. The van der Waals surface area contributed by atoms with Crippen LogP contribution >= 0.6 is 0 Å². The summed E-state index contributed by atoms with van der Waals surface area (Å²) in [6, 6.07) is 10.8. The smallest absolute Gasteiger partial charge is 0.335 e. The molecule has 0 bridgehead atoms. The molecule has 0 aliphatic rings. The molecule has 0 aliphatic carbocycles. The van der Waals surface area contributed by atoms with E-state index in [0.717, 1.165) is 22.2 Å². The molecule has 0 aliphatic heterocycles. The van der Waals surface area contributed by atoms with Crippen LogP contribution in [0.25, 0.3) is 11.0 Å². The van der Waals surface area contributed by atoms with Gasteiger partial charge in [0, 0.05) is 30.9 Å². The fourth-order valence-electron chi connectivity index (χ4n) is 2.43. The number of aromatic nitrogens is 2. The summed E-state index contributed by atoms with van der Waals surface area (Å²) in [7, 11) is 0. The van der Waals surface area contributed by atoms with Crippen LogP contribution in [-0.2, 0) is 13.1 Å². The van der Waals surface area contributed by atoms with Gasteiger partial charge in [0.1, 0.15) is 5.65 Å². The molecule has 3 N–H and O–H groups in total. The highest BCUT2D eigenvalue weighted by molar-refractivity contribution is 5.87. The summed E-state index contributed by atoms with van der Waals surface area (Å²) < 4.78 is 2.04. The summed E-state index contributed by atoms with van der Waals surface area (Å²) in [5.41, 5.74) is 9.02. The third-order valence-corrected chi connectivity index (χ3v) is 3.49. The van der Waals surface area contributed by atoms with Crippen molar-refractivity contribution >= 4 is 17.0 Å². The number of fused-ring (bicyclic) bond motifs is 1. The van der Waals surface area contributed by atoms with E-state index in [1.807, 2.05) is 35.0 Å². The molecule has 2 heterocycles. The highest BCUT2D eigenvalue weighted by Crippen LogP contribution is 2.20. The van der Waals surface area contributed by atoms with Crippen LogP contribution in [0.2, 0.25) is 0 Å². The van der Waals surface area contributed by atoms with Crippen LogP contribution in [-0.4, -0.2) is 20.6 Å². The summed E-state index contributed by atoms with van der Waals surface area (Å²) in [5, 5.41) is 9.97. The number of hydrogen-bond donors (Lipinski definition) is 2. The zero-order valence-electron chi connectivity index (χ0n) is 11.4. The minimum absolute atomic E-state index is 0.289. The fraction of sp³-hybridized carbons (Fsp3) is 0.125. The lowest BCUT2D eigenvalue weighted by molar-refractivity contribution is 0.0697. The van der Waals surface area contributed by atoms with Crippen molar-refractivity contribution in [3.8, 4) is 0 Å². The van der Waals surface area contributed by atoms with Gasteiger partial charge in [-0.25, -0.2) is 9.78 Å². The van der Waals surface area contributed by atoms with Gasteiger partial charge < -0.3 is 15.4 Å². The topological polar surface area (TPSA) is 81.1 Å². The lowest BCUT2D eigenvalue weighted by Gasteiger charge is -2.05. The predicted octanol–water partition coefficient (Wildman–Crippen LogP) is 2.24. The van der Waals surface area contributed by atoms with Gasteiger partial charge in [-0.1, -0.05) is 12.1 Å². The maximum absolute atomic E-state index is 10.9. The molecule has 2 aromatic heterocycles. The molecule has 0 saturated carbocycles. The number of carboxylic acid groups (broad SMARTS) is 1. The molecule has 0 spiro atoms. The van der Waals surface area contributed by atoms with Crippen molar-refractivity contribution in [2.45, 2.75) is 13.1 Å². The zero-order chi connectivity index (χ0) is 14.8. The van der Waals surface area contributed by atoms with Crippen LogP contribution in [0, 0.1) is 0 Å². The second kappa shape index (κ2) is 5.38. The predicted molar refractivity (Wildman–Crippen MR) is 80.1 cm³/mol. The Hall–Kier alpha value is -2.66. The molecule has 3 rings (SSSR count). The normalized spacial score (nSPS) is 10.9. The first-order chi connectivity index (χ1) is 10.2. The number of aromatic carboxylic acids is 1. The van der Waals surface area contributed by atoms with Gasteiger partial charge in [0.25, 0.3) is 0 Å². The number of nitrogens with two attached hydrogens (primary N) is 1. The molecule has 106 valence electrons. The number of hydrogen-bond acceptors (Lipinski definition) is 3. The minimum atomic E-state index is -0.917. The van der Waals surface area contributed by atoms with Gasteiger partial charge in [0.2, 0.25) is 0 Å². The second-order valence-electron chi connectivity index (χ2n) is 4.86. The van der Waals surface area contributed by atoms with Crippen molar-refractivity contribution in [2.24, 2.45) is 5.73 Å². The zero-order valence-corrected chi connectivity index (χ0v) is 11.4. The molecule has 5 nitrogen and oxygen atoms in total. The third kappa shape index (κ3) is 2.51. The van der Waals surface area contributed by atoms with E-state index in [2.05, 4.69) is 4.98 Å². The molecular formula is C16H15N3O2. The molecular weight excluding hydrogens is 266 g/mol. The summed E-state index contributed by atoms with van der Waals surface area (Å²) >= 11 is 0. The standard InChI is InChI=1S/C16H15N3O2/c17-8-13-10-19(15-14(13)2-1-7-18-15)9-11-3-5-12(6-4-11)16(20)21/h1-7,10H,8-9,17H2,(H,20,21). The van der Waals surface area contributed by atoms with E-state index in [9.17, 15) is 4.79 Å². The van der Waals surface area contributed by atoms with E-state index < -0.39 is 5.97 Å². The SMILES string of the molecule is NCc1cn(Cc2ccc(C(=O)O)cc2)c2ncccc12. The van der Waals surface area contributed by atoms with Crippen molar-refractivity contribution in [3.63, 3.8) is 0 Å².